The largest absolute Gasteiger partial charge is 0.468 e. The Morgan fingerprint density at radius 3 is 2.62 bits per heavy atom. The van der Waals surface area contributed by atoms with E-state index in [9.17, 15) is 4.79 Å². The Kier molecular flexibility index (Phi) is 5.63. The molecule has 1 N–H and O–H groups in total. The lowest BCUT2D eigenvalue weighted by Crippen LogP contribution is -2.54. The summed E-state index contributed by atoms with van der Waals surface area (Å²) in [7, 11) is 1.49. The number of hydrogen-bond donors (Lipinski definition) is 1. The molecule has 2 rings (SSSR count). The minimum atomic E-state index is -0.486. The molecule has 5 nitrogen and oxygen atoms in total. The number of hydrogen-bond acceptors (Lipinski definition) is 5. The van der Waals surface area contributed by atoms with E-state index in [1.165, 1.54) is 7.11 Å². The van der Waals surface area contributed by atoms with Gasteiger partial charge in [0.2, 0.25) is 0 Å². The number of nitrogens with one attached hydrogen (secondary N) is 1. The zero-order chi connectivity index (χ0) is 15.5. The maximum Gasteiger partial charge on any atom is 0.326 e. The molecule has 1 aliphatic carbocycles. The van der Waals surface area contributed by atoms with Crippen LogP contribution in [0, 0.1) is 0 Å². The first-order chi connectivity index (χ1) is 10.0. The molecule has 4 atom stereocenters. The van der Waals surface area contributed by atoms with Crippen molar-refractivity contribution in [1.29, 1.82) is 0 Å². The number of carbonyl (C=O) groups excluding carboxylic acids is 1. The molecule has 2 unspecified atom stereocenters. The molecule has 1 saturated heterocycles. The minimum Gasteiger partial charge on any atom is -0.468 e. The van der Waals surface area contributed by atoms with E-state index < -0.39 is 5.54 Å². The summed E-state index contributed by atoms with van der Waals surface area (Å²) < 4.78 is 10.9. The molecule has 21 heavy (non-hydrogen) atoms. The van der Waals surface area contributed by atoms with Gasteiger partial charge in [0.25, 0.3) is 0 Å². The fourth-order valence-corrected chi connectivity index (χ4v) is 3.82. The standard InChI is InChI=1S/C16H30N2O3/c1-5-8-17-16(15(19)20-4)7-6-14(9-16)18-10-12(2)21-13(3)11-18/h12-14,17H,5-11H2,1-4H3/t12-,13+,14?,16?. The van der Waals surface area contributed by atoms with E-state index in [0.717, 1.165) is 45.3 Å². The van der Waals surface area contributed by atoms with Crippen molar-refractivity contribution in [2.24, 2.45) is 0 Å². The molecule has 0 aromatic heterocycles. The quantitative estimate of drug-likeness (QED) is 0.781. The van der Waals surface area contributed by atoms with Gasteiger partial charge in [0.1, 0.15) is 5.54 Å². The normalized spacial score (nSPS) is 37.6. The van der Waals surface area contributed by atoms with Crippen LogP contribution < -0.4 is 5.32 Å². The molecule has 2 fully saturated rings. The van der Waals surface area contributed by atoms with Crippen molar-refractivity contribution in [3.8, 4) is 0 Å². The molecule has 1 saturated carbocycles. The maximum absolute atomic E-state index is 12.3. The molecule has 5 heteroatoms. The predicted molar refractivity (Wildman–Crippen MR) is 82.3 cm³/mol. The van der Waals surface area contributed by atoms with Crippen molar-refractivity contribution in [3.05, 3.63) is 0 Å². The molecular formula is C16H30N2O3. The minimum absolute atomic E-state index is 0.104. The van der Waals surface area contributed by atoms with E-state index in [4.69, 9.17) is 9.47 Å². The molecule has 0 aromatic carbocycles. The van der Waals surface area contributed by atoms with Crippen LogP contribution >= 0.6 is 0 Å². The van der Waals surface area contributed by atoms with Crippen molar-refractivity contribution < 1.29 is 14.3 Å². The average molecular weight is 298 g/mol. The van der Waals surface area contributed by atoms with Crippen LogP contribution in [0.25, 0.3) is 0 Å². The van der Waals surface area contributed by atoms with Gasteiger partial charge in [-0.1, -0.05) is 6.92 Å². The van der Waals surface area contributed by atoms with Crippen LogP contribution in [0.2, 0.25) is 0 Å². The predicted octanol–water partition coefficient (Wildman–Crippen LogP) is 1.56. The lowest BCUT2D eigenvalue weighted by molar-refractivity contribution is -0.148. The van der Waals surface area contributed by atoms with Gasteiger partial charge in [-0.2, -0.15) is 0 Å². The number of carbonyl (C=O) groups is 1. The Labute approximate surface area is 128 Å². The monoisotopic (exact) mass is 298 g/mol. The molecule has 1 aliphatic heterocycles. The molecule has 122 valence electrons. The molecular weight excluding hydrogens is 268 g/mol. The summed E-state index contributed by atoms with van der Waals surface area (Å²) in [5.41, 5.74) is -0.486. The number of nitrogens with zero attached hydrogens (tertiary/aromatic N) is 1. The van der Waals surface area contributed by atoms with Crippen LogP contribution in [-0.2, 0) is 14.3 Å². The molecule has 2 aliphatic rings. The first-order valence-electron chi connectivity index (χ1n) is 8.23. The second kappa shape index (κ2) is 7.07. The summed E-state index contributed by atoms with van der Waals surface area (Å²) in [6, 6.07) is 0.447. The summed E-state index contributed by atoms with van der Waals surface area (Å²) in [6.45, 7) is 9.15. The van der Waals surface area contributed by atoms with Gasteiger partial charge in [0.05, 0.1) is 19.3 Å². The molecule has 0 spiro atoms. The number of methoxy groups -OCH3 is 1. The Bertz CT molecular complexity index is 353. The van der Waals surface area contributed by atoms with E-state index in [-0.39, 0.29) is 18.2 Å². The third-order valence-corrected chi connectivity index (χ3v) is 4.74. The number of esters is 1. The summed E-state index contributed by atoms with van der Waals surface area (Å²) in [4.78, 5) is 14.8. The van der Waals surface area contributed by atoms with E-state index in [2.05, 4.69) is 31.0 Å². The van der Waals surface area contributed by atoms with Crippen LogP contribution in [0.4, 0.5) is 0 Å². The fraction of sp³-hybridized carbons (Fsp3) is 0.938. The van der Waals surface area contributed by atoms with Crippen molar-refractivity contribution >= 4 is 5.97 Å². The highest BCUT2D eigenvalue weighted by atomic mass is 16.5. The number of rotatable bonds is 5. The van der Waals surface area contributed by atoms with E-state index in [1.807, 2.05) is 0 Å². The molecule has 0 aromatic rings. The molecule has 0 amide bonds. The van der Waals surface area contributed by atoms with Crippen LogP contribution in [0.3, 0.4) is 0 Å². The topological polar surface area (TPSA) is 50.8 Å². The van der Waals surface area contributed by atoms with Crippen LogP contribution in [0.15, 0.2) is 0 Å². The van der Waals surface area contributed by atoms with Crippen LogP contribution in [0.1, 0.15) is 46.5 Å². The first kappa shape index (κ1) is 16.7. The van der Waals surface area contributed by atoms with Gasteiger partial charge in [0, 0.05) is 19.1 Å². The van der Waals surface area contributed by atoms with Gasteiger partial charge in [-0.15, -0.1) is 0 Å². The van der Waals surface area contributed by atoms with Gasteiger partial charge >= 0.3 is 5.97 Å². The second-order valence-corrected chi connectivity index (χ2v) is 6.61. The molecule has 1 heterocycles. The highest BCUT2D eigenvalue weighted by molar-refractivity contribution is 5.81. The number of morpholine rings is 1. The highest BCUT2D eigenvalue weighted by Gasteiger charge is 2.48. The smallest absolute Gasteiger partial charge is 0.326 e. The van der Waals surface area contributed by atoms with Gasteiger partial charge < -0.3 is 14.8 Å². The van der Waals surface area contributed by atoms with Crippen molar-refractivity contribution in [3.63, 3.8) is 0 Å². The van der Waals surface area contributed by atoms with Gasteiger partial charge in [-0.25, -0.2) is 0 Å². The maximum atomic E-state index is 12.3. The van der Waals surface area contributed by atoms with E-state index in [0.29, 0.717) is 6.04 Å². The van der Waals surface area contributed by atoms with Crippen LogP contribution in [0.5, 0.6) is 0 Å². The van der Waals surface area contributed by atoms with Crippen molar-refractivity contribution in [1.82, 2.24) is 10.2 Å². The third-order valence-electron chi connectivity index (χ3n) is 4.74. The van der Waals surface area contributed by atoms with Crippen molar-refractivity contribution in [2.75, 3.05) is 26.7 Å². The summed E-state index contributed by atoms with van der Waals surface area (Å²) in [5.74, 6) is -0.104. The van der Waals surface area contributed by atoms with E-state index >= 15 is 0 Å². The second-order valence-electron chi connectivity index (χ2n) is 6.61. The summed E-state index contributed by atoms with van der Waals surface area (Å²) in [6.07, 6.45) is 4.32. The SMILES string of the molecule is CCCNC1(C(=O)OC)CCC(N2C[C@@H](C)O[C@@H](C)C2)C1. The van der Waals surface area contributed by atoms with Gasteiger partial charge in [0.15, 0.2) is 0 Å². The molecule has 0 radical (unpaired) electrons. The number of ether oxygens (including phenoxy) is 2. The van der Waals surface area contributed by atoms with E-state index in [1.54, 1.807) is 0 Å². The highest BCUT2D eigenvalue weighted by Crippen LogP contribution is 2.35. The third kappa shape index (κ3) is 3.76. The zero-order valence-corrected chi connectivity index (χ0v) is 13.9. The Hall–Kier alpha value is -0.650. The summed E-state index contributed by atoms with van der Waals surface area (Å²) >= 11 is 0. The fourth-order valence-electron chi connectivity index (χ4n) is 3.82. The van der Waals surface area contributed by atoms with Crippen LogP contribution in [-0.4, -0.2) is 61.4 Å². The zero-order valence-electron chi connectivity index (χ0n) is 13.9. The Morgan fingerprint density at radius 1 is 1.38 bits per heavy atom. The Morgan fingerprint density at radius 2 is 2.05 bits per heavy atom. The summed E-state index contributed by atoms with van der Waals surface area (Å²) in [5, 5.41) is 3.45. The van der Waals surface area contributed by atoms with Crippen molar-refractivity contribution in [2.45, 2.75) is 70.2 Å². The first-order valence-corrected chi connectivity index (χ1v) is 8.23. The average Bonchev–Trinajstić information content (AvgIpc) is 2.89. The Balaban J connectivity index is 2.03. The van der Waals surface area contributed by atoms with Gasteiger partial charge in [-0.05, 0) is 46.1 Å². The lowest BCUT2D eigenvalue weighted by atomic mass is 9.96. The lowest BCUT2D eigenvalue weighted by Gasteiger charge is -2.39. The van der Waals surface area contributed by atoms with Gasteiger partial charge in [-0.3, -0.25) is 9.69 Å². The molecule has 0 bridgehead atoms.